The van der Waals surface area contributed by atoms with Gasteiger partial charge in [-0.1, -0.05) is 24.3 Å². The van der Waals surface area contributed by atoms with Crippen LogP contribution in [0.2, 0.25) is 0 Å². The van der Waals surface area contributed by atoms with Crippen molar-refractivity contribution >= 4 is 10.9 Å². The summed E-state index contributed by atoms with van der Waals surface area (Å²) in [5.41, 5.74) is 1.76. The highest BCUT2D eigenvalue weighted by atomic mass is 16.3. The number of piperidine rings is 1. The van der Waals surface area contributed by atoms with E-state index in [1.807, 2.05) is 31.6 Å². The van der Waals surface area contributed by atoms with E-state index in [1.54, 1.807) is 0 Å². The van der Waals surface area contributed by atoms with E-state index >= 15 is 0 Å². The summed E-state index contributed by atoms with van der Waals surface area (Å²) in [5.74, 6) is 0.972. The summed E-state index contributed by atoms with van der Waals surface area (Å²) in [7, 11) is 0. The smallest absolute Gasteiger partial charge is 0.105 e. The van der Waals surface area contributed by atoms with Crippen molar-refractivity contribution in [1.29, 1.82) is 0 Å². The van der Waals surface area contributed by atoms with E-state index in [0.717, 1.165) is 30.7 Å². The Bertz CT molecular complexity index is 946. The van der Waals surface area contributed by atoms with E-state index in [4.69, 9.17) is 0 Å². The molecule has 2 bridgehead atoms. The van der Waals surface area contributed by atoms with Crippen molar-refractivity contribution in [1.82, 2.24) is 19.4 Å². The molecule has 5 rings (SSSR count). The summed E-state index contributed by atoms with van der Waals surface area (Å²) in [6.45, 7) is 3.57. The van der Waals surface area contributed by atoms with Gasteiger partial charge in [0.05, 0.1) is 17.7 Å². The minimum atomic E-state index is -0.634. The monoisotopic (exact) mass is 362 g/mol. The third-order valence-electron chi connectivity index (χ3n) is 6.46. The number of aryl methyl sites for hydroxylation is 1. The number of rotatable bonds is 4. The lowest BCUT2D eigenvalue weighted by molar-refractivity contribution is -0.0653. The zero-order chi connectivity index (χ0) is 18.4. The van der Waals surface area contributed by atoms with E-state index in [2.05, 4.69) is 43.7 Å². The Kier molecular flexibility index (Phi) is 4.02. The van der Waals surface area contributed by atoms with Crippen molar-refractivity contribution in [2.75, 3.05) is 0 Å². The highest BCUT2D eigenvalue weighted by Crippen LogP contribution is 2.42. The second-order valence-corrected chi connectivity index (χ2v) is 8.28. The van der Waals surface area contributed by atoms with Crippen LogP contribution >= 0.6 is 0 Å². The summed E-state index contributed by atoms with van der Waals surface area (Å²) in [4.78, 5) is 11.5. The number of hydrogen-bond acceptors (Lipinski definition) is 4. The molecule has 2 aromatic heterocycles. The van der Waals surface area contributed by atoms with Crippen LogP contribution in [0.15, 0.2) is 48.9 Å². The molecule has 1 N–H and O–H groups in total. The summed E-state index contributed by atoms with van der Waals surface area (Å²) in [5, 5.41) is 12.5. The van der Waals surface area contributed by atoms with Crippen LogP contribution in [0, 0.1) is 6.92 Å². The van der Waals surface area contributed by atoms with Gasteiger partial charge in [0, 0.05) is 42.6 Å². The van der Waals surface area contributed by atoms with Gasteiger partial charge < -0.3 is 9.67 Å². The summed E-state index contributed by atoms with van der Waals surface area (Å²) >= 11 is 0. The number of imidazole rings is 1. The number of hydrogen-bond donors (Lipinski definition) is 1. The van der Waals surface area contributed by atoms with Crippen molar-refractivity contribution in [3.05, 3.63) is 60.3 Å². The molecule has 2 atom stereocenters. The molecule has 0 spiro atoms. The average Bonchev–Trinajstić information content (AvgIpc) is 3.16. The van der Waals surface area contributed by atoms with E-state index in [-0.39, 0.29) is 0 Å². The van der Waals surface area contributed by atoms with Gasteiger partial charge in [0.1, 0.15) is 5.82 Å². The van der Waals surface area contributed by atoms with E-state index in [9.17, 15) is 5.11 Å². The second-order valence-electron chi connectivity index (χ2n) is 8.28. The van der Waals surface area contributed by atoms with E-state index in [1.165, 1.54) is 23.8 Å². The number of fused-ring (bicyclic) bond motifs is 3. The molecule has 140 valence electrons. The highest BCUT2D eigenvalue weighted by molar-refractivity contribution is 5.81. The minimum absolute atomic E-state index is 0.441. The standard InChI is InChI=1S/C22H26N4O/c1-16-23-10-11-25(16)15-22(27)12-19-7-8-20(13-22)26(19)14-18-5-2-4-17-6-3-9-24-21(17)18/h2-6,9-11,19-20,27H,7-8,12-15H2,1H3/t19-,20-/m1/s1. The zero-order valence-corrected chi connectivity index (χ0v) is 15.8. The molecule has 0 unspecified atom stereocenters. The van der Waals surface area contributed by atoms with Crippen molar-refractivity contribution < 1.29 is 5.11 Å². The van der Waals surface area contributed by atoms with Crippen molar-refractivity contribution in [3.8, 4) is 0 Å². The third-order valence-corrected chi connectivity index (χ3v) is 6.46. The van der Waals surface area contributed by atoms with Gasteiger partial charge in [-0.3, -0.25) is 9.88 Å². The van der Waals surface area contributed by atoms with Gasteiger partial charge in [-0.25, -0.2) is 4.98 Å². The first kappa shape index (κ1) is 16.9. The SMILES string of the molecule is Cc1nccn1CC1(O)C[C@H]2CC[C@H](C1)N2Cc1cccc2cccnc12. The maximum atomic E-state index is 11.3. The molecule has 4 heterocycles. The van der Waals surface area contributed by atoms with Crippen LogP contribution in [0.4, 0.5) is 0 Å². The van der Waals surface area contributed by atoms with Crippen LogP contribution < -0.4 is 0 Å². The fraction of sp³-hybridized carbons (Fsp3) is 0.455. The second kappa shape index (κ2) is 6.43. The van der Waals surface area contributed by atoms with Gasteiger partial charge in [-0.2, -0.15) is 0 Å². The Hall–Kier alpha value is -2.24. The van der Waals surface area contributed by atoms with Gasteiger partial charge >= 0.3 is 0 Å². The predicted octanol–water partition coefficient (Wildman–Crippen LogP) is 3.30. The molecule has 0 amide bonds. The number of nitrogens with zero attached hydrogens (tertiary/aromatic N) is 4. The van der Waals surface area contributed by atoms with Crippen molar-refractivity contribution in [3.63, 3.8) is 0 Å². The highest BCUT2D eigenvalue weighted by Gasteiger charge is 2.47. The van der Waals surface area contributed by atoms with E-state index < -0.39 is 5.60 Å². The molecular formula is C22H26N4O. The maximum absolute atomic E-state index is 11.3. The molecule has 5 nitrogen and oxygen atoms in total. The molecule has 2 fully saturated rings. The van der Waals surface area contributed by atoms with Gasteiger partial charge in [0.15, 0.2) is 0 Å². The topological polar surface area (TPSA) is 54.2 Å². The average molecular weight is 362 g/mol. The normalized spacial score (nSPS) is 28.1. The molecular weight excluding hydrogens is 336 g/mol. The van der Waals surface area contributed by atoms with Crippen LogP contribution in [-0.2, 0) is 13.1 Å². The molecule has 2 saturated heterocycles. The summed E-state index contributed by atoms with van der Waals surface area (Å²) < 4.78 is 2.09. The lowest BCUT2D eigenvalue weighted by Gasteiger charge is -2.44. The van der Waals surface area contributed by atoms with Crippen molar-refractivity contribution in [2.45, 2.75) is 63.4 Å². The molecule has 1 aromatic carbocycles. The van der Waals surface area contributed by atoms with Gasteiger partial charge in [0.25, 0.3) is 0 Å². The first-order valence-electron chi connectivity index (χ1n) is 9.90. The van der Waals surface area contributed by atoms with Crippen LogP contribution in [0.5, 0.6) is 0 Å². The Morgan fingerprint density at radius 1 is 1.07 bits per heavy atom. The molecule has 2 aliphatic heterocycles. The Morgan fingerprint density at radius 2 is 1.85 bits per heavy atom. The lowest BCUT2D eigenvalue weighted by atomic mass is 9.85. The number of pyridine rings is 1. The van der Waals surface area contributed by atoms with Crippen LogP contribution in [0.25, 0.3) is 10.9 Å². The first-order chi connectivity index (χ1) is 13.1. The first-order valence-corrected chi connectivity index (χ1v) is 9.90. The summed E-state index contributed by atoms with van der Waals surface area (Å²) in [6.07, 6.45) is 9.68. The van der Waals surface area contributed by atoms with Gasteiger partial charge in [-0.05, 0) is 44.2 Å². The number of aromatic nitrogens is 3. The van der Waals surface area contributed by atoms with Gasteiger partial charge in [-0.15, -0.1) is 0 Å². The lowest BCUT2D eigenvalue weighted by Crippen LogP contribution is -2.52. The molecule has 0 saturated carbocycles. The largest absolute Gasteiger partial charge is 0.388 e. The Morgan fingerprint density at radius 3 is 2.59 bits per heavy atom. The minimum Gasteiger partial charge on any atom is -0.388 e. The third kappa shape index (κ3) is 3.05. The maximum Gasteiger partial charge on any atom is 0.105 e. The molecule has 0 radical (unpaired) electrons. The van der Waals surface area contributed by atoms with Crippen LogP contribution in [0.1, 0.15) is 37.1 Å². The Balaban J connectivity index is 1.37. The molecule has 27 heavy (non-hydrogen) atoms. The number of para-hydroxylation sites is 1. The fourth-order valence-electron chi connectivity index (χ4n) is 5.18. The molecule has 0 aliphatic carbocycles. The molecule has 5 heteroatoms. The van der Waals surface area contributed by atoms with E-state index in [0.29, 0.717) is 18.6 Å². The zero-order valence-electron chi connectivity index (χ0n) is 15.8. The number of benzene rings is 1. The Labute approximate surface area is 159 Å². The quantitative estimate of drug-likeness (QED) is 0.774. The fourth-order valence-corrected chi connectivity index (χ4v) is 5.18. The predicted molar refractivity (Wildman–Crippen MR) is 105 cm³/mol. The van der Waals surface area contributed by atoms with Gasteiger partial charge in [0.2, 0.25) is 0 Å². The number of aliphatic hydroxyl groups is 1. The van der Waals surface area contributed by atoms with Crippen LogP contribution in [-0.4, -0.2) is 42.2 Å². The molecule has 2 aliphatic rings. The van der Waals surface area contributed by atoms with Crippen LogP contribution in [0.3, 0.4) is 0 Å². The van der Waals surface area contributed by atoms with Crippen molar-refractivity contribution in [2.24, 2.45) is 0 Å². The summed E-state index contributed by atoms with van der Waals surface area (Å²) in [6, 6.07) is 11.5. The molecule has 3 aromatic rings.